The number of nitrogens with one attached hydrogen (secondary N) is 1. The maximum atomic E-state index is 5.67. The second-order valence-corrected chi connectivity index (χ2v) is 5.53. The van der Waals surface area contributed by atoms with E-state index in [1.807, 2.05) is 26.0 Å². The lowest BCUT2D eigenvalue weighted by atomic mass is 10.1. The van der Waals surface area contributed by atoms with Crippen molar-refractivity contribution in [1.29, 1.82) is 0 Å². The van der Waals surface area contributed by atoms with E-state index in [4.69, 9.17) is 9.40 Å². The van der Waals surface area contributed by atoms with Crippen LogP contribution < -0.4 is 10.2 Å². The maximum absolute atomic E-state index is 5.67. The normalized spacial score (nSPS) is 10.9. The van der Waals surface area contributed by atoms with E-state index >= 15 is 0 Å². The van der Waals surface area contributed by atoms with Crippen molar-refractivity contribution in [1.82, 2.24) is 10.3 Å². The monoisotopic (exact) mass is 287 g/mol. The number of rotatable bonds is 6. The standard InChI is InChI=1S/C17H25N3O/c1-6-18-10-16-12(2)9-13(3)19-17(16)20(5)11-15-8-7-14(4)21-15/h7-9,18H,6,10-11H2,1-5H3. The van der Waals surface area contributed by atoms with Crippen LogP contribution in [0.3, 0.4) is 0 Å². The summed E-state index contributed by atoms with van der Waals surface area (Å²) < 4.78 is 5.67. The van der Waals surface area contributed by atoms with Gasteiger partial charge in [0, 0.05) is 24.8 Å². The van der Waals surface area contributed by atoms with Crippen molar-refractivity contribution in [3.05, 3.63) is 46.5 Å². The lowest BCUT2D eigenvalue weighted by molar-refractivity contribution is 0.481. The predicted octanol–water partition coefficient (Wildman–Crippen LogP) is 3.35. The Morgan fingerprint density at radius 2 is 2.00 bits per heavy atom. The van der Waals surface area contributed by atoms with E-state index in [1.54, 1.807) is 0 Å². The Balaban J connectivity index is 2.27. The molecule has 0 spiro atoms. The van der Waals surface area contributed by atoms with E-state index in [2.05, 4.69) is 37.2 Å². The number of furan rings is 1. The van der Waals surface area contributed by atoms with Crippen molar-refractivity contribution in [2.75, 3.05) is 18.5 Å². The number of anilines is 1. The second-order valence-electron chi connectivity index (χ2n) is 5.53. The van der Waals surface area contributed by atoms with E-state index in [1.165, 1.54) is 11.1 Å². The van der Waals surface area contributed by atoms with Gasteiger partial charge >= 0.3 is 0 Å². The average molecular weight is 287 g/mol. The molecule has 2 rings (SSSR count). The summed E-state index contributed by atoms with van der Waals surface area (Å²) >= 11 is 0. The highest BCUT2D eigenvalue weighted by atomic mass is 16.3. The van der Waals surface area contributed by atoms with Crippen molar-refractivity contribution in [3.63, 3.8) is 0 Å². The molecule has 0 aliphatic carbocycles. The molecule has 0 aliphatic heterocycles. The summed E-state index contributed by atoms with van der Waals surface area (Å²) in [6, 6.07) is 6.16. The summed E-state index contributed by atoms with van der Waals surface area (Å²) in [6.45, 7) is 10.8. The van der Waals surface area contributed by atoms with Gasteiger partial charge in [0.05, 0.1) is 6.54 Å². The van der Waals surface area contributed by atoms with Gasteiger partial charge in [-0.1, -0.05) is 6.92 Å². The highest BCUT2D eigenvalue weighted by Crippen LogP contribution is 2.23. The van der Waals surface area contributed by atoms with Crippen LogP contribution in [0.2, 0.25) is 0 Å². The average Bonchev–Trinajstić information content (AvgIpc) is 2.82. The molecule has 0 bridgehead atoms. The van der Waals surface area contributed by atoms with Crippen LogP contribution in [-0.2, 0) is 13.1 Å². The minimum absolute atomic E-state index is 0.725. The van der Waals surface area contributed by atoms with Crippen LogP contribution in [0, 0.1) is 20.8 Å². The summed E-state index contributed by atoms with van der Waals surface area (Å²) in [4.78, 5) is 6.89. The molecule has 1 N–H and O–H groups in total. The molecule has 0 aliphatic rings. The fourth-order valence-corrected chi connectivity index (χ4v) is 2.51. The fraction of sp³-hybridized carbons (Fsp3) is 0.471. The lowest BCUT2D eigenvalue weighted by Gasteiger charge is -2.22. The fourth-order valence-electron chi connectivity index (χ4n) is 2.51. The molecule has 4 heteroatoms. The Morgan fingerprint density at radius 3 is 2.62 bits per heavy atom. The number of aromatic nitrogens is 1. The molecule has 2 aromatic heterocycles. The molecule has 2 heterocycles. The third-order valence-electron chi connectivity index (χ3n) is 3.56. The molecule has 0 unspecified atom stereocenters. The van der Waals surface area contributed by atoms with Crippen LogP contribution in [0.4, 0.5) is 5.82 Å². The summed E-state index contributed by atoms with van der Waals surface area (Å²) in [5, 5.41) is 3.40. The molecule has 0 atom stereocenters. The molecule has 21 heavy (non-hydrogen) atoms. The van der Waals surface area contributed by atoms with Crippen molar-refractivity contribution < 1.29 is 4.42 Å². The van der Waals surface area contributed by atoms with Crippen LogP contribution in [-0.4, -0.2) is 18.6 Å². The van der Waals surface area contributed by atoms with Crippen molar-refractivity contribution >= 4 is 5.82 Å². The van der Waals surface area contributed by atoms with Gasteiger partial charge in [-0.3, -0.25) is 0 Å². The van der Waals surface area contributed by atoms with Crippen LogP contribution in [0.5, 0.6) is 0 Å². The molecule has 0 fully saturated rings. The first-order valence-corrected chi connectivity index (χ1v) is 7.45. The molecule has 2 aromatic rings. The lowest BCUT2D eigenvalue weighted by Crippen LogP contribution is -2.23. The minimum atomic E-state index is 0.725. The minimum Gasteiger partial charge on any atom is -0.464 e. The van der Waals surface area contributed by atoms with E-state index in [0.29, 0.717) is 0 Å². The summed E-state index contributed by atoms with van der Waals surface area (Å²) in [7, 11) is 2.06. The summed E-state index contributed by atoms with van der Waals surface area (Å²) in [6.07, 6.45) is 0. The van der Waals surface area contributed by atoms with Gasteiger partial charge in [-0.05, 0) is 51.1 Å². The number of nitrogens with zero attached hydrogens (tertiary/aromatic N) is 2. The third kappa shape index (κ3) is 3.85. The predicted molar refractivity (Wildman–Crippen MR) is 86.6 cm³/mol. The van der Waals surface area contributed by atoms with Crippen molar-refractivity contribution in [2.45, 2.75) is 40.8 Å². The zero-order valence-electron chi connectivity index (χ0n) is 13.7. The van der Waals surface area contributed by atoms with E-state index in [0.717, 1.165) is 42.7 Å². The van der Waals surface area contributed by atoms with E-state index in [9.17, 15) is 0 Å². The summed E-state index contributed by atoms with van der Waals surface area (Å²) in [5.41, 5.74) is 3.58. The molecule has 0 radical (unpaired) electrons. The van der Waals surface area contributed by atoms with E-state index < -0.39 is 0 Å². The highest BCUT2D eigenvalue weighted by molar-refractivity contribution is 5.51. The molecule has 0 amide bonds. The van der Waals surface area contributed by atoms with Crippen LogP contribution in [0.1, 0.15) is 35.3 Å². The van der Waals surface area contributed by atoms with Crippen molar-refractivity contribution in [2.24, 2.45) is 0 Å². The quantitative estimate of drug-likeness (QED) is 0.884. The van der Waals surface area contributed by atoms with Gasteiger partial charge in [0.25, 0.3) is 0 Å². The summed E-state index contributed by atoms with van der Waals surface area (Å²) in [5.74, 6) is 2.94. The topological polar surface area (TPSA) is 41.3 Å². The van der Waals surface area contributed by atoms with Gasteiger partial charge in [0.2, 0.25) is 0 Å². The molecule has 0 saturated heterocycles. The smallest absolute Gasteiger partial charge is 0.133 e. The van der Waals surface area contributed by atoms with Gasteiger partial charge in [0.15, 0.2) is 0 Å². The molecular weight excluding hydrogens is 262 g/mol. The molecule has 114 valence electrons. The van der Waals surface area contributed by atoms with Crippen LogP contribution >= 0.6 is 0 Å². The first-order valence-electron chi connectivity index (χ1n) is 7.45. The van der Waals surface area contributed by atoms with Gasteiger partial charge in [0.1, 0.15) is 17.3 Å². The SMILES string of the molecule is CCNCc1c(C)cc(C)nc1N(C)Cc1ccc(C)o1. The highest BCUT2D eigenvalue weighted by Gasteiger charge is 2.14. The molecular formula is C17H25N3O. The van der Waals surface area contributed by atoms with Gasteiger partial charge in [-0.25, -0.2) is 4.98 Å². The molecule has 0 saturated carbocycles. The largest absolute Gasteiger partial charge is 0.464 e. The molecule has 4 nitrogen and oxygen atoms in total. The second kappa shape index (κ2) is 6.76. The Hall–Kier alpha value is -1.81. The van der Waals surface area contributed by atoms with Crippen molar-refractivity contribution in [3.8, 4) is 0 Å². The van der Waals surface area contributed by atoms with Gasteiger partial charge in [-0.15, -0.1) is 0 Å². The molecule has 0 aromatic carbocycles. The number of hydrogen-bond acceptors (Lipinski definition) is 4. The number of aryl methyl sites for hydroxylation is 3. The third-order valence-corrected chi connectivity index (χ3v) is 3.56. The maximum Gasteiger partial charge on any atom is 0.133 e. The van der Waals surface area contributed by atoms with Gasteiger partial charge < -0.3 is 14.6 Å². The Morgan fingerprint density at radius 1 is 1.24 bits per heavy atom. The Bertz CT molecular complexity index is 604. The number of pyridine rings is 1. The Kier molecular flexibility index (Phi) is 5.02. The number of hydrogen-bond donors (Lipinski definition) is 1. The first kappa shape index (κ1) is 15.6. The van der Waals surface area contributed by atoms with E-state index in [-0.39, 0.29) is 0 Å². The Labute approximate surface area is 127 Å². The van der Waals surface area contributed by atoms with Crippen LogP contribution in [0.15, 0.2) is 22.6 Å². The van der Waals surface area contributed by atoms with Gasteiger partial charge in [-0.2, -0.15) is 0 Å². The van der Waals surface area contributed by atoms with Crippen LogP contribution in [0.25, 0.3) is 0 Å². The zero-order valence-corrected chi connectivity index (χ0v) is 13.7. The first-order chi connectivity index (χ1) is 10.0. The zero-order chi connectivity index (χ0) is 15.4.